The minimum absolute atomic E-state index is 0.214. The minimum Gasteiger partial charge on any atom is -0.484 e. The van der Waals surface area contributed by atoms with Crippen LogP contribution in [-0.2, 0) is 4.79 Å². The summed E-state index contributed by atoms with van der Waals surface area (Å²) in [4.78, 5) is 26.7. The van der Waals surface area contributed by atoms with E-state index in [2.05, 4.69) is 26.2 Å². The molecule has 2 rings (SSSR count). The maximum Gasteiger partial charge on any atom is 0.255 e. The van der Waals surface area contributed by atoms with Crippen molar-refractivity contribution in [2.24, 2.45) is 5.73 Å². The first kappa shape index (κ1) is 15.0. The molecule has 0 bridgehead atoms. The van der Waals surface area contributed by atoms with Crippen molar-refractivity contribution in [1.29, 1.82) is 0 Å². The van der Waals surface area contributed by atoms with E-state index in [1.54, 1.807) is 36.4 Å². The monoisotopic (exact) mass is 349 g/mol. The van der Waals surface area contributed by atoms with Gasteiger partial charge in [-0.3, -0.25) is 9.59 Å². The van der Waals surface area contributed by atoms with Gasteiger partial charge in [-0.25, -0.2) is 4.98 Å². The SMILES string of the molecule is NC(=O)COc1cccc(NC(=O)c2ccnc(Br)c2)c1. The Kier molecular flexibility index (Phi) is 4.89. The number of ether oxygens (including phenoxy) is 1. The molecule has 3 N–H and O–H groups in total. The topological polar surface area (TPSA) is 94.3 Å². The van der Waals surface area contributed by atoms with Crippen molar-refractivity contribution in [2.45, 2.75) is 0 Å². The second-order valence-corrected chi connectivity index (χ2v) is 4.92. The number of benzene rings is 1. The maximum atomic E-state index is 12.1. The van der Waals surface area contributed by atoms with Gasteiger partial charge in [0.2, 0.25) is 0 Å². The number of nitrogens with one attached hydrogen (secondary N) is 1. The fraction of sp³-hybridized carbons (Fsp3) is 0.0714. The number of nitrogens with zero attached hydrogens (tertiary/aromatic N) is 1. The number of carbonyl (C=O) groups excluding carboxylic acids is 2. The predicted molar refractivity (Wildman–Crippen MR) is 81.0 cm³/mol. The van der Waals surface area contributed by atoms with E-state index in [1.807, 2.05) is 0 Å². The third-order valence-corrected chi connectivity index (χ3v) is 2.90. The number of halogens is 1. The number of rotatable bonds is 5. The molecule has 2 amide bonds. The maximum absolute atomic E-state index is 12.1. The number of aromatic nitrogens is 1. The molecule has 0 fully saturated rings. The molecule has 0 saturated carbocycles. The smallest absolute Gasteiger partial charge is 0.255 e. The summed E-state index contributed by atoms with van der Waals surface area (Å²) in [6.07, 6.45) is 1.53. The molecule has 0 unspecified atom stereocenters. The fourth-order valence-electron chi connectivity index (χ4n) is 1.57. The summed E-state index contributed by atoms with van der Waals surface area (Å²) in [6.45, 7) is -0.214. The van der Waals surface area contributed by atoms with Crippen LogP contribution >= 0.6 is 15.9 Å². The Labute approximate surface area is 129 Å². The summed E-state index contributed by atoms with van der Waals surface area (Å²) in [5.41, 5.74) is 6.03. The van der Waals surface area contributed by atoms with Crippen LogP contribution in [0.2, 0.25) is 0 Å². The van der Waals surface area contributed by atoms with Crippen LogP contribution in [0.1, 0.15) is 10.4 Å². The molecule has 0 aliphatic heterocycles. The zero-order valence-electron chi connectivity index (χ0n) is 10.9. The summed E-state index contributed by atoms with van der Waals surface area (Å²) in [6, 6.07) is 9.91. The first-order valence-electron chi connectivity index (χ1n) is 5.98. The van der Waals surface area contributed by atoms with Crippen LogP contribution in [0.5, 0.6) is 5.75 Å². The number of pyridine rings is 1. The van der Waals surface area contributed by atoms with Gasteiger partial charge in [-0.15, -0.1) is 0 Å². The van der Waals surface area contributed by atoms with Gasteiger partial charge in [-0.1, -0.05) is 6.07 Å². The van der Waals surface area contributed by atoms with Gasteiger partial charge in [-0.05, 0) is 40.2 Å². The normalized spacial score (nSPS) is 9.95. The van der Waals surface area contributed by atoms with Gasteiger partial charge in [0.1, 0.15) is 10.4 Å². The van der Waals surface area contributed by atoms with Crippen LogP contribution < -0.4 is 15.8 Å². The minimum atomic E-state index is -0.564. The van der Waals surface area contributed by atoms with E-state index in [-0.39, 0.29) is 12.5 Å². The summed E-state index contributed by atoms with van der Waals surface area (Å²) in [7, 11) is 0. The molecule has 0 atom stereocenters. The van der Waals surface area contributed by atoms with Gasteiger partial charge in [0, 0.05) is 23.5 Å². The second-order valence-electron chi connectivity index (χ2n) is 4.10. The van der Waals surface area contributed by atoms with Crippen molar-refractivity contribution in [2.75, 3.05) is 11.9 Å². The number of primary amides is 1. The van der Waals surface area contributed by atoms with E-state index in [0.717, 1.165) is 0 Å². The lowest BCUT2D eigenvalue weighted by atomic mass is 10.2. The van der Waals surface area contributed by atoms with Gasteiger partial charge in [0.05, 0.1) is 0 Å². The van der Waals surface area contributed by atoms with Crippen LogP contribution in [0.25, 0.3) is 0 Å². The highest BCUT2D eigenvalue weighted by Crippen LogP contribution is 2.18. The van der Waals surface area contributed by atoms with Gasteiger partial charge < -0.3 is 15.8 Å². The van der Waals surface area contributed by atoms with E-state index >= 15 is 0 Å². The molecule has 108 valence electrons. The van der Waals surface area contributed by atoms with Crippen molar-refractivity contribution in [1.82, 2.24) is 4.98 Å². The Hall–Kier alpha value is -2.41. The molecule has 0 radical (unpaired) electrons. The van der Waals surface area contributed by atoms with Crippen LogP contribution in [-0.4, -0.2) is 23.4 Å². The standard InChI is InChI=1S/C14H12BrN3O3/c15-12-6-9(4-5-17-12)14(20)18-10-2-1-3-11(7-10)21-8-13(16)19/h1-7H,8H2,(H2,16,19)(H,18,20). The molecule has 0 saturated heterocycles. The second kappa shape index (κ2) is 6.85. The Morgan fingerprint density at radius 1 is 1.29 bits per heavy atom. The third-order valence-electron chi connectivity index (χ3n) is 2.46. The highest BCUT2D eigenvalue weighted by molar-refractivity contribution is 9.10. The Balaban J connectivity index is 2.07. The molecule has 7 heteroatoms. The molecule has 1 aromatic carbocycles. The molecule has 0 spiro atoms. The Bertz CT molecular complexity index is 676. The van der Waals surface area contributed by atoms with Crippen molar-refractivity contribution in [3.05, 3.63) is 52.8 Å². The van der Waals surface area contributed by atoms with Crippen molar-refractivity contribution in [3.8, 4) is 5.75 Å². The molecule has 0 aliphatic rings. The number of carbonyl (C=O) groups is 2. The number of anilines is 1. The fourth-order valence-corrected chi connectivity index (χ4v) is 1.93. The highest BCUT2D eigenvalue weighted by atomic mass is 79.9. The number of hydrogen-bond acceptors (Lipinski definition) is 4. The van der Waals surface area contributed by atoms with Gasteiger partial charge in [-0.2, -0.15) is 0 Å². The summed E-state index contributed by atoms with van der Waals surface area (Å²) >= 11 is 3.21. The first-order valence-corrected chi connectivity index (χ1v) is 6.78. The number of nitrogens with two attached hydrogens (primary N) is 1. The quantitative estimate of drug-likeness (QED) is 0.806. The zero-order valence-corrected chi connectivity index (χ0v) is 12.5. The zero-order chi connectivity index (χ0) is 15.2. The van der Waals surface area contributed by atoms with Crippen LogP contribution in [0.4, 0.5) is 5.69 Å². The van der Waals surface area contributed by atoms with E-state index in [4.69, 9.17) is 10.5 Å². The van der Waals surface area contributed by atoms with Gasteiger partial charge >= 0.3 is 0 Å². The molecular formula is C14H12BrN3O3. The molecule has 2 aromatic rings. The number of amides is 2. The lowest BCUT2D eigenvalue weighted by Crippen LogP contribution is -2.20. The summed E-state index contributed by atoms with van der Waals surface area (Å²) < 4.78 is 5.75. The Morgan fingerprint density at radius 3 is 2.81 bits per heavy atom. The van der Waals surface area contributed by atoms with E-state index < -0.39 is 5.91 Å². The van der Waals surface area contributed by atoms with Crippen LogP contribution in [0.15, 0.2) is 47.2 Å². The first-order chi connectivity index (χ1) is 10.0. The molecule has 1 heterocycles. The predicted octanol–water partition coefficient (Wildman–Crippen LogP) is 1.96. The van der Waals surface area contributed by atoms with Crippen LogP contribution in [0, 0.1) is 0 Å². The summed E-state index contributed by atoms with van der Waals surface area (Å²) in [5.74, 6) is -0.390. The number of hydrogen-bond donors (Lipinski definition) is 2. The highest BCUT2D eigenvalue weighted by Gasteiger charge is 2.07. The Morgan fingerprint density at radius 2 is 2.10 bits per heavy atom. The lowest BCUT2D eigenvalue weighted by molar-refractivity contribution is -0.119. The van der Waals surface area contributed by atoms with E-state index in [0.29, 0.717) is 21.6 Å². The van der Waals surface area contributed by atoms with Gasteiger partial charge in [0.15, 0.2) is 6.61 Å². The molecule has 21 heavy (non-hydrogen) atoms. The largest absolute Gasteiger partial charge is 0.484 e. The van der Waals surface area contributed by atoms with Crippen molar-refractivity contribution in [3.63, 3.8) is 0 Å². The van der Waals surface area contributed by atoms with Gasteiger partial charge in [0.25, 0.3) is 11.8 Å². The van der Waals surface area contributed by atoms with Crippen molar-refractivity contribution < 1.29 is 14.3 Å². The lowest BCUT2D eigenvalue weighted by Gasteiger charge is -2.08. The summed E-state index contributed by atoms with van der Waals surface area (Å²) in [5, 5.41) is 2.73. The van der Waals surface area contributed by atoms with E-state index in [1.165, 1.54) is 6.20 Å². The third kappa shape index (κ3) is 4.57. The average Bonchev–Trinajstić information content (AvgIpc) is 2.45. The average molecular weight is 350 g/mol. The molecular weight excluding hydrogens is 338 g/mol. The van der Waals surface area contributed by atoms with Crippen LogP contribution in [0.3, 0.4) is 0 Å². The molecule has 6 nitrogen and oxygen atoms in total. The molecule has 0 aliphatic carbocycles. The van der Waals surface area contributed by atoms with E-state index in [9.17, 15) is 9.59 Å². The van der Waals surface area contributed by atoms with Crippen molar-refractivity contribution >= 4 is 33.4 Å². The molecule has 1 aromatic heterocycles.